The third kappa shape index (κ3) is 3.64. The molecule has 1 aliphatic heterocycles. The van der Waals surface area contributed by atoms with Crippen LogP contribution in [-0.2, 0) is 14.8 Å². The minimum atomic E-state index is -3.94. The molecule has 138 valence electrons. The van der Waals surface area contributed by atoms with Crippen molar-refractivity contribution in [2.45, 2.75) is 24.7 Å². The van der Waals surface area contributed by atoms with Crippen molar-refractivity contribution >= 4 is 38.9 Å². The molecule has 0 aromatic heterocycles. The van der Waals surface area contributed by atoms with Crippen LogP contribution in [0.1, 0.15) is 18.4 Å². The lowest BCUT2D eigenvalue weighted by Gasteiger charge is -2.19. The minimum absolute atomic E-state index is 0.0165. The maximum Gasteiger partial charge on any atom is 0.265 e. The van der Waals surface area contributed by atoms with E-state index >= 15 is 0 Å². The molecular formula is C18H19ClN2O4S. The number of nitrogens with one attached hydrogen (secondary N) is 1. The molecule has 8 heteroatoms. The van der Waals surface area contributed by atoms with E-state index in [-0.39, 0.29) is 16.6 Å². The van der Waals surface area contributed by atoms with Gasteiger partial charge in [-0.15, -0.1) is 0 Å². The number of carbonyl (C=O) groups is 1. The molecule has 2 aromatic rings. The lowest BCUT2D eigenvalue weighted by Crippen LogP contribution is -2.24. The maximum absolute atomic E-state index is 13.0. The largest absolute Gasteiger partial charge is 0.495 e. The van der Waals surface area contributed by atoms with E-state index < -0.39 is 10.0 Å². The number of rotatable bonds is 5. The number of amides is 1. The van der Waals surface area contributed by atoms with Gasteiger partial charge in [-0.05, 0) is 49.2 Å². The zero-order valence-corrected chi connectivity index (χ0v) is 16.0. The van der Waals surface area contributed by atoms with Gasteiger partial charge >= 0.3 is 0 Å². The predicted octanol–water partition coefficient (Wildman–Crippen LogP) is 3.58. The van der Waals surface area contributed by atoms with Crippen LogP contribution in [0.25, 0.3) is 0 Å². The molecule has 6 nitrogen and oxygen atoms in total. The van der Waals surface area contributed by atoms with Crippen molar-refractivity contribution in [3.8, 4) is 5.75 Å². The third-order valence-electron chi connectivity index (χ3n) is 4.27. The fraction of sp³-hybridized carbons (Fsp3) is 0.278. The van der Waals surface area contributed by atoms with Gasteiger partial charge in [-0.25, -0.2) is 8.42 Å². The summed E-state index contributed by atoms with van der Waals surface area (Å²) in [7, 11) is -2.53. The summed E-state index contributed by atoms with van der Waals surface area (Å²) >= 11 is 5.97. The Morgan fingerprint density at radius 2 is 1.96 bits per heavy atom. The van der Waals surface area contributed by atoms with Crippen LogP contribution in [0.5, 0.6) is 5.75 Å². The van der Waals surface area contributed by atoms with E-state index in [0.717, 1.165) is 12.0 Å². The molecule has 3 rings (SSSR count). The van der Waals surface area contributed by atoms with Crippen molar-refractivity contribution in [2.75, 3.05) is 23.3 Å². The van der Waals surface area contributed by atoms with E-state index in [2.05, 4.69) is 4.72 Å². The quantitative estimate of drug-likeness (QED) is 0.840. The first-order valence-electron chi connectivity index (χ1n) is 8.09. The van der Waals surface area contributed by atoms with Crippen molar-refractivity contribution in [3.63, 3.8) is 0 Å². The summed E-state index contributed by atoms with van der Waals surface area (Å²) in [5.74, 6) is 0.185. The number of benzene rings is 2. The average Bonchev–Trinajstić information content (AvgIpc) is 3.03. The summed E-state index contributed by atoms with van der Waals surface area (Å²) < 4.78 is 33.7. The summed E-state index contributed by atoms with van der Waals surface area (Å²) in [6.45, 7) is 2.36. The highest BCUT2D eigenvalue weighted by atomic mass is 35.5. The number of sulfonamides is 1. The van der Waals surface area contributed by atoms with Gasteiger partial charge < -0.3 is 9.64 Å². The average molecular weight is 395 g/mol. The molecule has 0 bridgehead atoms. The Bertz CT molecular complexity index is 960. The standard InChI is InChI=1S/C18H19ClN2O4S/c1-12-5-6-13(19)10-15(12)20-26(23,24)17-11-14(7-8-16(17)25-2)21-9-3-4-18(21)22/h5-8,10-11,20H,3-4,9H2,1-2H3. The van der Waals surface area contributed by atoms with Gasteiger partial charge in [0, 0.05) is 23.7 Å². The number of nitrogens with zero attached hydrogens (tertiary/aromatic N) is 1. The van der Waals surface area contributed by atoms with Crippen LogP contribution >= 0.6 is 11.6 Å². The fourth-order valence-electron chi connectivity index (χ4n) is 2.87. The Morgan fingerprint density at radius 3 is 2.62 bits per heavy atom. The van der Waals surface area contributed by atoms with Gasteiger partial charge in [-0.1, -0.05) is 17.7 Å². The molecule has 0 atom stereocenters. The van der Waals surface area contributed by atoms with E-state index in [1.54, 1.807) is 42.2 Å². The van der Waals surface area contributed by atoms with Crippen molar-refractivity contribution < 1.29 is 17.9 Å². The molecular weight excluding hydrogens is 376 g/mol. The smallest absolute Gasteiger partial charge is 0.265 e. The molecule has 0 saturated carbocycles. The van der Waals surface area contributed by atoms with Gasteiger partial charge in [0.1, 0.15) is 10.6 Å². The Kier molecular flexibility index (Phi) is 5.11. The molecule has 2 aromatic carbocycles. The summed E-state index contributed by atoms with van der Waals surface area (Å²) in [5.41, 5.74) is 1.67. The maximum atomic E-state index is 13.0. The van der Waals surface area contributed by atoms with Gasteiger partial charge in [0.25, 0.3) is 10.0 Å². The zero-order valence-electron chi connectivity index (χ0n) is 14.5. The number of carbonyl (C=O) groups excluding carboxylic acids is 1. The monoisotopic (exact) mass is 394 g/mol. The Hall–Kier alpha value is -2.25. The van der Waals surface area contributed by atoms with Crippen molar-refractivity contribution in [2.24, 2.45) is 0 Å². The van der Waals surface area contributed by atoms with Crippen LogP contribution < -0.4 is 14.4 Å². The van der Waals surface area contributed by atoms with Gasteiger partial charge in [0.15, 0.2) is 0 Å². The number of hydrogen-bond donors (Lipinski definition) is 1. The van der Waals surface area contributed by atoms with Gasteiger partial charge in [-0.3, -0.25) is 9.52 Å². The van der Waals surface area contributed by atoms with Crippen LogP contribution in [0, 0.1) is 6.92 Å². The number of ether oxygens (including phenoxy) is 1. The van der Waals surface area contributed by atoms with Crippen molar-refractivity contribution in [3.05, 3.63) is 47.0 Å². The topological polar surface area (TPSA) is 75.7 Å². The van der Waals surface area contributed by atoms with Gasteiger partial charge in [0.05, 0.1) is 12.8 Å². The minimum Gasteiger partial charge on any atom is -0.495 e. The second-order valence-corrected chi connectivity index (χ2v) is 8.14. The molecule has 0 aliphatic carbocycles. The highest BCUT2D eigenvalue weighted by Gasteiger charge is 2.26. The van der Waals surface area contributed by atoms with E-state index in [0.29, 0.717) is 29.4 Å². The number of methoxy groups -OCH3 is 1. The number of anilines is 2. The van der Waals surface area contributed by atoms with Crippen LogP contribution in [0.2, 0.25) is 5.02 Å². The van der Waals surface area contributed by atoms with Gasteiger partial charge in [0.2, 0.25) is 5.91 Å². The molecule has 1 N–H and O–H groups in total. The number of halogens is 1. The fourth-order valence-corrected chi connectivity index (χ4v) is 4.35. The normalized spacial score (nSPS) is 14.6. The van der Waals surface area contributed by atoms with E-state index in [4.69, 9.17) is 16.3 Å². The molecule has 1 fully saturated rings. The Morgan fingerprint density at radius 1 is 1.19 bits per heavy atom. The lowest BCUT2D eigenvalue weighted by molar-refractivity contribution is -0.117. The molecule has 26 heavy (non-hydrogen) atoms. The number of hydrogen-bond acceptors (Lipinski definition) is 4. The first kappa shape index (κ1) is 18.5. The Labute approximate surface area is 157 Å². The second kappa shape index (κ2) is 7.17. The van der Waals surface area contributed by atoms with Crippen LogP contribution in [0.4, 0.5) is 11.4 Å². The van der Waals surface area contributed by atoms with E-state index in [1.807, 2.05) is 0 Å². The SMILES string of the molecule is COc1ccc(N2CCCC2=O)cc1S(=O)(=O)Nc1cc(Cl)ccc1C. The van der Waals surface area contributed by atoms with E-state index in [9.17, 15) is 13.2 Å². The lowest BCUT2D eigenvalue weighted by atomic mass is 10.2. The van der Waals surface area contributed by atoms with Crippen LogP contribution in [-0.4, -0.2) is 28.0 Å². The van der Waals surface area contributed by atoms with Gasteiger partial charge in [-0.2, -0.15) is 0 Å². The highest BCUT2D eigenvalue weighted by Crippen LogP contribution is 2.33. The second-order valence-electron chi connectivity index (χ2n) is 6.05. The molecule has 1 amide bonds. The van der Waals surface area contributed by atoms with Crippen molar-refractivity contribution in [1.82, 2.24) is 0 Å². The third-order valence-corrected chi connectivity index (χ3v) is 5.89. The first-order chi connectivity index (χ1) is 12.3. The summed E-state index contributed by atoms with van der Waals surface area (Å²) in [6.07, 6.45) is 1.22. The van der Waals surface area contributed by atoms with Crippen LogP contribution in [0.3, 0.4) is 0 Å². The Balaban J connectivity index is 2.02. The van der Waals surface area contributed by atoms with E-state index in [1.165, 1.54) is 13.2 Å². The summed E-state index contributed by atoms with van der Waals surface area (Å²) in [4.78, 5) is 13.5. The highest BCUT2D eigenvalue weighted by molar-refractivity contribution is 7.92. The molecule has 0 spiro atoms. The first-order valence-corrected chi connectivity index (χ1v) is 9.95. The molecule has 1 heterocycles. The predicted molar refractivity (Wildman–Crippen MR) is 102 cm³/mol. The zero-order chi connectivity index (χ0) is 18.9. The number of aryl methyl sites for hydroxylation is 1. The molecule has 1 aliphatic rings. The van der Waals surface area contributed by atoms with Crippen LogP contribution in [0.15, 0.2) is 41.3 Å². The van der Waals surface area contributed by atoms with Crippen molar-refractivity contribution in [1.29, 1.82) is 0 Å². The summed E-state index contributed by atoms with van der Waals surface area (Å²) in [6, 6.07) is 9.68. The summed E-state index contributed by atoms with van der Waals surface area (Å²) in [5, 5.41) is 0.427. The molecule has 1 saturated heterocycles. The molecule has 0 unspecified atom stereocenters. The molecule has 0 radical (unpaired) electrons.